The predicted octanol–water partition coefficient (Wildman–Crippen LogP) is 1.34. The topological polar surface area (TPSA) is 20.2 Å². The molecule has 1 aliphatic rings. The Morgan fingerprint density at radius 1 is 1.60 bits per heavy atom. The van der Waals surface area contributed by atoms with Crippen molar-refractivity contribution in [3.63, 3.8) is 0 Å². The molecule has 0 unspecified atom stereocenters. The minimum atomic E-state index is -0.316. The zero-order valence-corrected chi connectivity index (χ0v) is 5.96. The highest BCUT2D eigenvalue weighted by molar-refractivity contribution is 5.01. The molecule has 1 nitrogen and oxygen atoms in total. The summed E-state index contributed by atoms with van der Waals surface area (Å²) in [6.45, 7) is 0. The molecule has 1 N–H and O–H groups in total. The van der Waals surface area contributed by atoms with Crippen LogP contribution in [0.3, 0.4) is 0 Å². The van der Waals surface area contributed by atoms with Gasteiger partial charge in [0.25, 0.3) is 0 Å². The highest BCUT2D eigenvalue weighted by Gasteiger charge is 2.11. The first-order valence-corrected chi connectivity index (χ1v) is 3.64. The smallest absolute Gasteiger partial charge is 0.0732 e. The van der Waals surface area contributed by atoms with Crippen molar-refractivity contribution in [2.45, 2.75) is 25.4 Å². The van der Waals surface area contributed by atoms with Crippen molar-refractivity contribution in [3.05, 3.63) is 12.2 Å². The fourth-order valence-corrected chi connectivity index (χ4v) is 1.19. The summed E-state index contributed by atoms with van der Waals surface area (Å²) in [6, 6.07) is 0. The van der Waals surface area contributed by atoms with Crippen LogP contribution >= 0.6 is 0 Å². The lowest BCUT2D eigenvalue weighted by Gasteiger charge is -2.07. The van der Waals surface area contributed by atoms with E-state index in [2.05, 4.69) is 5.92 Å². The lowest BCUT2D eigenvalue weighted by atomic mass is 10.0. The molecule has 0 aromatic carbocycles. The molecule has 0 amide bonds. The van der Waals surface area contributed by atoms with Crippen molar-refractivity contribution in [1.82, 2.24) is 0 Å². The van der Waals surface area contributed by atoms with Gasteiger partial charge in [-0.1, -0.05) is 12.2 Å². The second-order valence-corrected chi connectivity index (χ2v) is 2.67. The molecule has 0 aromatic rings. The van der Waals surface area contributed by atoms with Gasteiger partial charge in [0.2, 0.25) is 0 Å². The van der Waals surface area contributed by atoms with Gasteiger partial charge >= 0.3 is 0 Å². The zero-order chi connectivity index (χ0) is 7.40. The van der Waals surface area contributed by atoms with Gasteiger partial charge in [-0.2, -0.15) is 0 Å². The minimum Gasteiger partial charge on any atom is -0.389 e. The van der Waals surface area contributed by atoms with E-state index in [0.717, 1.165) is 19.3 Å². The van der Waals surface area contributed by atoms with E-state index in [4.69, 9.17) is 6.42 Å². The lowest BCUT2D eigenvalue weighted by Crippen LogP contribution is -2.07. The molecule has 2 atom stereocenters. The first kappa shape index (κ1) is 7.37. The summed E-state index contributed by atoms with van der Waals surface area (Å²) in [5, 5.41) is 9.21. The van der Waals surface area contributed by atoms with Gasteiger partial charge in [0, 0.05) is 5.92 Å². The monoisotopic (exact) mass is 136 g/mol. The van der Waals surface area contributed by atoms with E-state index in [9.17, 15) is 5.11 Å². The summed E-state index contributed by atoms with van der Waals surface area (Å²) in [5.41, 5.74) is 0. The fraction of sp³-hybridized carbons (Fsp3) is 0.556. The molecule has 1 aliphatic carbocycles. The van der Waals surface area contributed by atoms with E-state index in [1.54, 1.807) is 0 Å². The molecule has 0 spiro atoms. The van der Waals surface area contributed by atoms with E-state index in [1.807, 2.05) is 12.2 Å². The van der Waals surface area contributed by atoms with Crippen molar-refractivity contribution in [2.75, 3.05) is 0 Å². The lowest BCUT2D eigenvalue weighted by molar-refractivity contribution is 0.200. The van der Waals surface area contributed by atoms with Crippen LogP contribution in [-0.4, -0.2) is 11.2 Å². The maximum absolute atomic E-state index is 9.21. The van der Waals surface area contributed by atoms with Crippen molar-refractivity contribution in [3.8, 4) is 12.3 Å². The standard InChI is InChI=1S/C9H12O/c1-2-8-5-3-4-6-9(10)7-8/h1,4,6,8-10H,3,5,7H2/t8-,9+/m0/s1. The number of hydrogen-bond acceptors (Lipinski definition) is 1. The van der Waals surface area contributed by atoms with Gasteiger partial charge in [-0.15, -0.1) is 12.3 Å². The van der Waals surface area contributed by atoms with Crippen LogP contribution in [0.15, 0.2) is 12.2 Å². The molecule has 0 bridgehead atoms. The summed E-state index contributed by atoms with van der Waals surface area (Å²) in [7, 11) is 0. The van der Waals surface area contributed by atoms with E-state index in [1.165, 1.54) is 0 Å². The third-order valence-electron chi connectivity index (χ3n) is 1.80. The molecular formula is C9H12O. The molecule has 1 heteroatoms. The first-order chi connectivity index (χ1) is 4.83. The Bertz CT molecular complexity index is 164. The molecule has 10 heavy (non-hydrogen) atoms. The summed E-state index contributed by atoms with van der Waals surface area (Å²) >= 11 is 0. The number of aliphatic hydroxyl groups is 1. The predicted molar refractivity (Wildman–Crippen MR) is 41.3 cm³/mol. The molecule has 0 aromatic heterocycles. The van der Waals surface area contributed by atoms with Gasteiger partial charge in [-0.25, -0.2) is 0 Å². The van der Waals surface area contributed by atoms with E-state index < -0.39 is 0 Å². The van der Waals surface area contributed by atoms with Crippen molar-refractivity contribution in [2.24, 2.45) is 5.92 Å². The number of hydrogen-bond donors (Lipinski definition) is 1. The Kier molecular flexibility index (Phi) is 2.53. The molecule has 0 saturated heterocycles. The zero-order valence-electron chi connectivity index (χ0n) is 5.96. The second kappa shape index (κ2) is 3.43. The molecule has 0 aliphatic heterocycles. The third-order valence-corrected chi connectivity index (χ3v) is 1.80. The maximum atomic E-state index is 9.21. The van der Waals surface area contributed by atoms with E-state index >= 15 is 0 Å². The van der Waals surface area contributed by atoms with Gasteiger partial charge in [0.15, 0.2) is 0 Å². The van der Waals surface area contributed by atoms with Gasteiger partial charge in [0.05, 0.1) is 6.10 Å². The van der Waals surface area contributed by atoms with Crippen LogP contribution in [0.4, 0.5) is 0 Å². The molecule has 0 fully saturated rings. The third kappa shape index (κ3) is 1.89. The number of allylic oxidation sites excluding steroid dienone is 1. The van der Waals surface area contributed by atoms with Gasteiger partial charge in [0.1, 0.15) is 0 Å². The van der Waals surface area contributed by atoms with Crippen LogP contribution in [0.2, 0.25) is 0 Å². The van der Waals surface area contributed by atoms with E-state index in [-0.39, 0.29) is 12.0 Å². The SMILES string of the molecule is C#C[C@H]1CCC=C[C@@H](O)C1. The quantitative estimate of drug-likeness (QED) is 0.393. The van der Waals surface area contributed by atoms with Gasteiger partial charge in [-0.05, 0) is 19.3 Å². The average Bonchev–Trinajstić information content (AvgIpc) is 2.13. The Morgan fingerprint density at radius 3 is 3.10 bits per heavy atom. The Labute approximate surface area is 61.8 Å². The van der Waals surface area contributed by atoms with Crippen LogP contribution in [0, 0.1) is 18.3 Å². The molecule has 0 radical (unpaired) electrons. The van der Waals surface area contributed by atoms with Crippen LogP contribution in [-0.2, 0) is 0 Å². The summed E-state index contributed by atoms with van der Waals surface area (Å²) < 4.78 is 0. The first-order valence-electron chi connectivity index (χ1n) is 3.64. The number of terminal acetylenes is 1. The highest BCUT2D eigenvalue weighted by Crippen LogP contribution is 2.17. The molecule has 1 rings (SSSR count). The Hall–Kier alpha value is -0.740. The van der Waals surface area contributed by atoms with Crippen molar-refractivity contribution in [1.29, 1.82) is 0 Å². The molecule has 0 saturated carbocycles. The number of aliphatic hydroxyl groups excluding tert-OH is 1. The summed E-state index contributed by atoms with van der Waals surface area (Å²) in [6.07, 6.45) is 11.5. The average molecular weight is 136 g/mol. The highest BCUT2D eigenvalue weighted by atomic mass is 16.3. The van der Waals surface area contributed by atoms with Crippen molar-refractivity contribution >= 4 is 0 Å². The van der Waals surface area contributed by atoms with Crippen molar-refractivity contribution < 1.29 is 5.11 Å². The number of rotatable bonds is 0. The molecular weight excluding hydrogens is 124 g/mol. The summed E-state index contributed by atoms with van der Waals surface area (Å²) in [5.74, 6) is 2.94. The molecule has 0 heterocycles. The van der Waals surface area contributed by atoms with Gasteiger partial charge < -0.3 is 5.11 Å². The maximum Gasteiger partial charge on any atom is 0.0732 e. The minimum absolute atomic E-state index is 0.269. The van der Waals surface area contributed by atoms with Crippen LogP contribution in [0.25, 0.3) is 0 Å². The second-order valence-electron chi connectivity index (χ2n) is 2.67. The fourth-order valence-electron chi connectivity index (χ4n) is 1.19. The van der Waals surface area contributed by atoms with Crippen LogP contribution < -0.4 is 0 Å². The van der Waals surface area contributed by atoms with Gasteiger partial charge in [-0.3, -0.25) is 0 Å². The normalized spacial score (nSPS) is 32.8. The molecule has 54 valence electrons. The Morgan fingerprint density at radius 2 is 2.40 bits per heavy atom. The Balaban J connectivity index is 2.49. The summed E-state index contributed by atoms with van der Waals surface area (Å²) in [4.78, 5) is 0. The van der Waals surface area contributed by atoms with Crippen LogP contribution in [0.1, 0.15) is 19.3 Å². The van der Waals surface area contributed by atoms with Crippen LogP contribution in [0.5, 0.6) is 0 Å². The van der Waals surface area contributed by atoms with E-state index in [0.29, 0.717) is 0 Å². The largest absolute Gasteiger partial charge is 0.389 e.